The Balaban J connectivity index is 3.07. The number of nitrogens with one attached hydrogen (secondary N) is 1. The van der Waals surface area contributed by atoms with Crippen LogP contribution in [0.1, 0.15) is 13.8 Å². The smallest absolute Gasteiger partial charge is 0.0741 e. The predicted molar refractivity (Wildman–Crippen MR) is 31.8 cm³/mol. The molecule has 0 unspecified atom stereocenters. The summed E-state index contributed by atoms with van der Waals surface area (Å²) in [6.45, 7) is 7.23. The quantitative estimate of drug-likeness (QED) is 0.465. The maximum Gasteiger partial charge on any atom is 0.0741 e. The van der Waals surface area contributed by atoms with Gasteiger partial charge in [-0.3, -0.25) is 0 Å². The maximum absolute atomic E-state index is 10.0. The number of quaternary nitrogens is 1. The summed E-state index contributed by atoms with van der Waals surface area (Å²) < 4.78 is 0. The van der Waals surface area contributed by atoms with Crippen molar-refractivity contribution in [3.63, 3.8) is 0 Å². The average molecular weight is 117 g/mol. The summed E-state index contributed by atoms with van der Waals surface area (Å²) >= 11 is 0. The Labute approximate surface area is 51.1 Å². The molecule has 0 aliphatic rings. The summed E-state index contributed by atoms with van der Waals surface area (Å²) in [5.74, 6) is 0. The van der Waals surface area contributed by atoms with Crippen LogP contribution in [0, 0.1) is 0 Å². The van der Waals surface area contributed by atoms with Crippen molar-refractivity contribution in [3.8, 4) is 0 Å². The highest BCUT2D eigenvalue weighted by atomic mass is 16.3. The molecule has 0 aliphatic heterocycles. The van der Waals surface area contributed by atoms with E-state index in [2.05, 4.69) is 13.8 Å². The van der Waals surface area contributed by atoms with Crippen molar-refractivity contribution in [2.75, 3.05) is 26.2 Å². The maximum atomic E-state index is 10.0. The first-order valence-electron chi connectivity index (χ1n) is 3.26. The summed E-state index contributed by atoms with van der Waals surface area (Å²) in [7, 11) is 0. The molecule has 8 heavy (non-hydrogen) atoms. The van der Waals surface area contributed by atoms with Crippen LogP contribution in [-0.4, -0.2) is 26.2 Å². The lowest BCUT2D eigenvalue weighted by atomic mass is 10.5. The summed E-state index contributed by atoms with van der Waals surface area (Å²) in [5.41, 5.74) is 0. The molecule has 0 heterocycles. The third-order valence-corrected chi connectivity index (χ3v) is 1.46. The number of hydrogen-bond donors (Lipinski definition) is 1. The zero-order valence-corrected chi connectivity index (χ0v) is 5.74. The SMILES string of the molecule is CC[NH+](CC)CC[O-]. The minimum Gasteiger partial charge on any atom is -0.850 e. The molecule has 0 bridgehead atoms. The first-order chi connectivity index (χ1) is 3.85. The van der Waals surface area contributed by atoms with E-state index in [-0.39, 0.29) is 6.61 Å². The molecule has 0 aromatic rings. The van der Waals surface area contributed by atoms with Crippen LogP contribution < -0.4 is 10.0 Å². The largest absolute Gasteiger partial charge is 0.850 e. The van der Waals surface area contributed by atoms with Gasteiger partial charge in [-0.15, -0.1) is 0 Å². The summed E-state index contributed by atoms with van der Waals surface area (Å²) in [5, 5.41) is 10.0. The zero-order chi connectivity index (χ0) is 6.41. The van der Waals surface area contributed by atoms with Gasteiger partial charge in [-0.2, -0.15) is 0 Å². The standard InChI is InChI=1S/C6H14NO/c1-3-7(4-2)5-6-8/h3-6H2,1-2H3/q-1/p+1. The number of likely N-dealkylation sites (N-methyl/N-ethyl adjacent to an activating group) is 1. The normalized spacial score (nSPS) is 10.5. The lowest BCUT2D eigenvalue weighted by molar-refractivity contribution is -0.901. The lowest BCUT2D eigenvalue weighted by Gasteiger charge is -2.16. The van der Waals surface area contributed by atoms with E-state index < -0.39 is 0 Å². The molecular formula is C6H15NO. The first kappa shape index (κ1) is 7.92. The van der Waals surface area contributed by atoms with Gasteiger partial charge in [-0.05, 0) is 13.8 Å². The van der Waals surface area contributed by atoms with Crippen molar-refractivity contribution in [2.45, 2.75) is 13.8 Å². The highest BCUT2D eigenvalue weighted by Crippen LogP contribution is 1.46. The third-order valence-electron chi connectivity index (χ3n) is 1.46. The van der Waals surface area contributed by atoms with Crippen molar-refractivity contribution < 1.29 is 10.0 Å². The second kappa shape index (κ2) is 5.06. The molecule has 0 atom stereocenters. The molecule has 0 saturated heterocycles. The molecule has 0 aromatic carbocycles. The van der Waals surface area contributed by atoms with E-state index in [1.165, 1.54) is 4.90 Å². The van der Waals surface area contributed by atoms with Crippen molar-refractivity contribution in [1.82, 2.24) is 0 Å². The van der Waals surface area contributed by atoms with E-state index in [9.17, 15) is 5.11 Å². The highest BCUT2D eigenvalue weighted by Gasteiger charge is 1.94. The molecule has 0 aromatic heterocycles. The van der Waals surface area contributed by atoms with Gasteiger partial charge in [0, 0.05) is 0 Å². The highest BCUT2D eigenvalue weighted by molar-refractivity contribution is 4.18. The van der Waals surface area contributed by atoms with E-state index in [0.717, 1.165) is 19.6 Å². The van der Waals surface area contributed by atoms with Gasteiger partial charge >= 0.3 is 0 Å². The van der Waals surface area contributed by atoms with Gasteiger partial charge in [0.15, 0.2) is 0 Å². The van der Waals surface area contributed by atoms with Gasteiger partial charge in [-0.25, -0.2) is 0 Å². The van der Waals surface area contributed by atoms with Crippen molar-refractivity contribution >= 4 is 0 Å². The molecule has 0 spiro atoms. The average Bonchev–Trinajstić information content (AvgIpc) is 1.83. The van der Waals surface area contributed by atoms with Crippen LogP contribution in [-0.2, 0) is 0 Å². The Kier molecular flexibility index (Phi) is 5.01. The van der Waals surface area contributed by atoms with Crippen LogP contribution in [0.25, 0.3) is 0 Å². The molecule has 0 rings (SSSR count). The minimum atomic E-state index is 0.0665. The Morgan fingerprint density at radius 3 is 1.88 bits per heavy atom. The molecular weight excluding hydrogens is 102 g/mol. The van der Waals surface area contributed by atoms with Crippen LogP contribution in [0.15, 0.2) is 0 Å². The fourth-order valence-corrected chi connectivity index (χ4v) is 0.748. The Morgan fingerprint density at radius 2 is 1.75 bits per heavy atom. The second-order valence-electron chi connectivity index (χ2n) is 1.91. The topological polar surface area (TPSA) is 27.5 Å². The first-order valence-corrected chi connectivity index (χ1v) is 3.26. The fraction of sp³-hybridized carbons (Fsp3) is 1.00. The monoisotopic (exact) mass is 117 g/mol. The van der Waals surface area contributed by atoms with E-state index in [0.29, 0.717) is 0 Å². The van der Waals surface area contributed by atoms with Crippen molar-refractivity contribution in [1.29, 1.82) is 0 Å². The predicted octanol–water partition coefficient (Wildman–Crippen LogP) is -1.73. The van der Waals surface area contributed by atoms with Gasteiger partial charge < -0.3 is 10.0 Å². The van der Waals surface area contributed by atoms with Crippen LogP contribution in [0.5, 0.6) is 0 Å². The van der Waals surface area contributed by atoms with Crippen LogP contribution in [0.4, 0.5) is 0 Å². The molecule has 0 aliphatic carbocycles. The zero-order valence-electron chi connectivity index (χ0n) is 5.74. The second-order valence-corrected chi connectivity index (χ2v) is 1.91. The molecule has 2 nitrogen and oxygen atoms in total. The summed E-state index contributed by atoms with van der Waals surface area (Å²) in [6, 6.07) is 0. The molecule has 0 radical (unpaired) electrons. The van der Waals surface area contributed by atoms with Crippen molar-refractivity contribution in [3.05, 3.63) is 0 Å². The van der Waals surface area contributed by atoms with Crippen LogP contribution >= 0.6 is 0 Å². The van der Waals surface area contributed by atoms with E-state index in [1.54, 1.807) is 0 Å². The summed E-state index contributed by atoms with van der Waals surface area (Å²) in [4.78, 5) is 1.40. The Morgan fingerprint density at radius 1 is 1.25 bits per heavy atom. The molecule has 0 amide bonds. The molecule has 50 valence electrons. The van der Waals surface area contributed by atoms with Crippen LogP contribution in [0.2, 0.25) is 0 Å². The Hall–Kier alpha value is -0.0800. The minimum absolute atomic E-state index is 0.0665. The molecule has 0 saturated carbocycles. The molecule has 0 fully saturated rings. The van der Waals surface area contributed by atoms with Gasteiger partial charge in [0.2, 0.25) is 0 Å². The number of rotatable bonds is 4. The van der Waals surface area contributed by atoms with Crippen molar-refractivity contribution in [2.24, 2.45) is 0 Å². The fourth-order valence-electron chi connectivity index (χ4n) is 0.748. The van der Waals surface area contributed by atoms with Gasteiger partial charge in [0.05, 0.1) is 19.6 Å². The van der Waals surface area contributed by atoms with Gasteiger partial charge in [-0.1, -0.05) is 6.61 Å². The van der Waals surface area contributed by atoms with E-state index in [4.69, 9.17) is 0 Å². The summed E-state index contributed by atoms with van der Waals surface area (Å²) in [6.07, 6.45) is 0. The van der Waals surface area contributed by atoms with Crippen LogP contribution in [0.3, 0.4) is 0 Å². The molecule has 1 N–H and O–H groups in total. The lowest BCUT2D eigenvalue weighted by Crippen LogP contribution is -3.12. The molecule has 2 heteroatoms. The van der Waals surface area contributed by atoms with Gasteiger partial charge in [0.1, 0.15) is 0 Å². The van der Waals surface area contributed by atoms with Gasteiger partial charge in [0.25, 0.3) is 0 Å². The Bertz CT molecular complexity index is 43.8. The van der Waals surface area contributed by atoms with E-state index >= 15 is 0 Å². The third kappa shape index (κ3) is 2.99. The van der Waals surface area contributed by atoms with E-state index in [1.807, 2.05) is 0 Å². The number of hydrogen-bond acceptors (Lipinski definition) is 1.